The van der Waals surface area contributed by atoms with E-state index in [1.807, 2.05) is 32.0 Å². The van der Waals surface area contributed by atoms with Crippen molar-refractivity contribution in [2.45, 2.75) is 19.9 Å². The Balaban J connectivity index is 3.20. The highest BCUT2D eigenvalue weighted by Crippen LogP contribution is 2.15. The maximum Gasteiger partial charge on any atom is 0.150 e. The normalized spacial score (nSPS) is 12.6. The first-order valence-corrected chi connectivity index (χ1v) is 3.96. The summed E-state index contributed by atoms with van der Waals surface area (Å²) in [5.41, 5.74) is 8.38. The van der Waals surface area contributed by atoms with Gasteiger partial charge in [-0.3, -0.25) is 4.79 Å². The number of carbonyl (C=O) groups is 1. The van der Waals surface area contributed by atoms with Crippen LogP contribution < -0.4 is 5.73 Å². The molecule has 0 amide bonds. The predicted molar refractivity (Wildman–Crippen MR) is 49.2 cm³/mol. The molecule has 0 aliphatic rings. The summed E-state index contributed by atoms with van der Waals surface area (Å²) in [5.74, 6) is 0. The number of benzene rings is 1. The molecule has 0 bridgehead atoms. The fraction of sp³-hybridized carbons (Fsp3) is 0.300. The lowest BCUT2D eigenvalue weighted by Gasteiger charge is -2.08. The summed E-state index contributed by atoms with van der Waals surface area (Å²) in [6.45, 7) is 3.83. The second kappa shape index (κ2) is 3.50. The molecule has 1 atom stereocenters. The molecule has 1 unspecified atom stereocenters. The van der Waals surface area contributed by atoms with Crippen molar-refractivity contribution < 1.29 is 4.79 Å². The van der Waals surface area contributed by atoms with Gasteiger partial charge in [0.25, 0.3) is 0 Å². The Morgan fingerprint density at radius 1 is 1.50 bits per heavy atom. The van der Waals surface area contributed by atoms with Crippen molar-refractivity contribution >= 4 is 6.29 Å². The molecule has 0 spiro atoms. The monoisotopic (exact) mass is 163 g/mol. The first kappa shape index (κ1) is 8.94. The van der Waals surface area contributed by atoms with Gasteiger partial charge in [0, 0.05) is 11.6 Å². The van der Waals surface area contributed by atoms with E-state index in [1.54, 1.807) is 0 Å². The number of carbonyl (C=O) groups excluding carboxylic acids is 1. The van der Waals surface area contributed by atoms with Crippen LogP contribution in [0.15, 0.2) is 18.2 Å². The van der Waals surface area contributed by atoms with E-state index in [1.165, 1.54) is 0 Å². The zero-order chi connectivity index (χ0) is 9.14. The Hall–Kier alpha value is -1.15. The van der Waals surface area contributed by atoms with E-state index < -0.39 is 0 Å². The third-order valence-electron chi connectivity index (χ3n) is 1.86. The van der Waals surface area contributed by atoms with Gasteiger partial charge in [-0.25, -0.2) is 0 Å². The molecule has 12 heavy (non-hydrogen) atoms. The van der Waals surface area contributed by atoms with Crippen LogP contribution in [0.1, 0.15) is 34.5 Å². The minimum Gasteiger partial charge on any atom is -0.324 e. The Kier molecular flexibility index (Phi) is 2.61. The maximum atomic E-state index is 10.6. The molecule has 0 fully saturated rings. The SMILES string of the molecule is Cc1ccc(C(C)N)c(C=O)c1. The summed E-state index contributed by atoms with van der Waals surface area (Å²) in [6.07, 6.45) is 0.853. The first-order valence-electron chi connectivity index (χ1n) is 3.96. The van der Waals surface area contributed by atoms with Gasteiger partial charge in [-0.1, -0.05) is 17.7 Å². The Morgan fingerprint density at radius 2 is 2.17 bits per heavy atom. The molecule has 0 aromatic heterocycles. The fourth-order valence-corrected chi connectivity index (χ4v) is 1.21. The van der Waals surface area contributed by atoms with Crippen LogP contribution in [0.5, 0.6) is 0 Å². The Bertz CT molecular complexity index is 292. The van der Waals surface area contributed by atoms with Crippen LogP contribution >= 0.6 is 0 Å². The van der Waals surface area contributed by atoms with Gasteiger partial charge in [-0.05, 0) is 25.5 Å². The van der Waals surface area contributed by atoms with E-state index in [9.17, 15) is 4.79 Å². The second-order valence-electron chi connectivity index (χ2n) is 3.04. The van der Waals surface area contributed by atoms with Crippen LogP contribution in [0.2, 0.25) is 0 Å². The first-order chi connectivity index (χ1) is 5.65. The van der Waals surface area contributed by atoms with E-state index in [0.717, 1.165) is 17.4 Å². The number of rotatable bonds is 2. The molecule has 0 saturated carbocycles. The Morgan fingerprint density at radius 3 is 2.67 bits per heavy atom. The lowest BCUT2D eigenvalue weighted by atomic mass is 10.0. The number of nitrogens with two attached hydrogens (primary N) is 1. The minimum absolute atomic E-state index is 0.0780. The van der Waals surface area contributed by atoms with Gasteiger partial charge < -0.3 is 5.73 Å². The van der Waals surface area contributed by atoms with Gasteiger partial charge in [-0.2, -0.15) is 0 Å². The zero-order valence-corrected chi connectivity index (χ0v) is 7.37. The van der Waals surface area contributed by atoms with Crippen molar-refractivity contribution in [1.29, 1.82) is 0 Å². The molecule has 2 N–H and O–H groups in total. The molecule has 0 aliphatic heterocycles. The third-order valence-corrected chi connectivity index (χ3v) is 1.86. The number of aldehydes is 1. The van der Waals surface area contributed by atoms with Crippen molar-refractivity contribution in [3.8, 4) is 0 Å². The van der Waals surface area contributed by atoms with Crippen LogP contribution in [0.3, 0.4) is 0 Å². The second-order valence-corrected chi connectivity index (χ2v) is 3.04. The fourth-order valence-electron chi connectivity index (χ4n) is 1.21. The van der Waals surface area contributed by atoms with Gasteiger partial charge in [0.05, 0.1) is 0 Å². The molecule has 2 heteroatoms. The van der Waals surface area contributed by atoms with E-state index in [4.69, 9.17) is 5.73 Å². The van der Waals surface area contributed by atoms with Gasteiger partial charge in [0.1, 0.15) is 6.29 Å². The number of aryl methyl sites for hydroxylation is 1. The molecule has 0 saturated heterocycles. The third kappa shape index (κ3) is 1.71. The van der Waals surface area contributed by atoms with Crippen molar-refractivity contribution in [3.63, 3.8) is 0 Å². The molecule has 1 aromatic carbocycles. The van der Waals surface area contributed by atoms with Crippen LogP contribution in [0.25, 0.3) is 0 Å². The number of hydrogen-bond acceptors (Lipinski definition) is 2. The summed E-state index contributed by atoms with van der Waals surface area (Å²) in [4.78, 5) is 10.6. The quantitative estimate of drug-likeness (QED) is 0.676. The molecular weight excluding hydrogens is 150 g/mol. The van der Waals surface area contributed by atoms with E-state index in [0.29, 0.717) is 5.56 Å². The summed E-state index contributed by atoms with van der Waals surface area (Å²) < 4.78 is 0. The molecule has 64 valence electrons. The highest BCUT2D eigenvalue weighted by molar-refractivity contribution is 5.77. The molecule has 0 radical (unpaired) electrons. The van der Waals surface area contributed by atoms with E-state index in [-0.39, 0.29) is 6.04 Å². The topological polar surface area (TPSA) is 43.1 Å². The lowest BCUT2D eigenvalue weighted by Crippen LogP contribution is -2.08. The highest BCUT2D eigenvalue weighted by Gasteiger charge is 2.05. The van der Waals surface area contributed by atoms with E-state index >= 15 is 0 Å². The number of hydrogen-bond donors (Lipinski definition) is 1. The lowest BCUT2D eigenvalue weighted by molar-refractivity contribution is 0.112. The van der Waals surface area contributed by atoms with Crippen LogP contribution in [-0.4, -0.2) is 6.29 Å². The maximum absolute atomic E-state index is 10.6. The molecule has 0 aliphatic carbocycles. The van der Waals surface area contributed by atoms with Crippen molar-refractivity contribution in [3.05, 3.63) is 34.9 Å². The molecule has 2 nitrogen and oxygen atoms in total. The average molecular weight is 163 g/mol. The Labute approximate surface area is 72.4 Å². The smallest absolute Gasteiger partial charge is 0.150 e. The summed E-state index contributed by atoms with van der Waals surface area (Å²) in [5, 5.41) is 0. The molecule has 0 heterocycles. The van der Waals surface area contributed by atoms with Crippen molar-refractivity contribution in [2.24, 2.45) is 5.73 Å². The average Bonchev–Trinajstić information content (AvgIpc) is 2.03. The van der Waals surface area contributed by atoms with Crippen molar-refractivity contribution in [1.82, 2.24) is 0 Å². The molecular formula is C10H13NO. The van der Waals surface area contributed by atoms with Gasteiger partial charge in [-0.15, -0.1) is 0 Å². The van der Waals surface area contributed by atoms with Crippen LogP contribution in [0, 0.1) is 6.92 Å². The van der Waals surface area contributed by atoms with Crippen LogP contribution in [-0.2, 0) is 0 Å². The highest BCUT2D eigenvalue weighted by atomic mass is 16.1. The predicted octanol–water partition coefficient (Wildman–Crippen LogP) is 1.83. The molecule has 1 rings (SSSR count). The zero-order valence-electron chi connectivity index (χ0n) is 7.37. The summed E-state index contributed by atoms with van der Waals surface area (Å²) in [7, 11) is 0. The van der Waals surface area contributed by atoms with Gasteiger partial charge in [0.2, 0.25) is 0 Å². The minimum atomic E-state index is -0.0780. The molecule has 1 aromatic rings. The summed E-state index contributed by atoms with van der Waals surface area (Å²) >= 11 is 0. The van der Waals surface area contributed by atoms with Gasteiger partial charge >= 0.3 is 0 Å². The largest absolute Gasteiger partial charge is 0.324 e. The van der Waals surface area contributed by atoms with Gasteiger partial charge in [0.15, 0.2) is 0 Å². The standard InChI is InChI=1S/C10H13NO/c1-7-3-4-10(8(2)11)9(5-7)6-12/h3-6,8H,11H2,1-2H3. The van der Waals surface area contributed by atoms with E-state index in [2.05, 4.69) is 0 Å². The summed E-state index contributed by atoms with van der Waals surface area (Å²) in [6, 6.07) is 5.65. The van der Waals surface area contributed by atoms with Crippen LogP contribution in [0.4, 0.5) is 0 Å². The van der Waals surface area contributed by atoms with Crippen molar-refractivity contribution in [2.75, 3.05) is 0 Å².